The quantitative estimate of drug-likeness (QED) is 0.120. The van der Waals surface area contributed by atoms with Gasteiger partial charge in [0, 0.05) is 45.6 Å². The number of aromatic nitrogens is 1. The van der Waals surface area contributed by atoms with E-state index in [0.29, 0.717) is 39.5 Å². The van der Waals surface area contributed by atoms with Gasteiger partial charge in [0.2, 0.25) is 17.7 Å². The van der Waals surface area contributed by atoms with Gasteiger partial charge in [-0.05, 0) is 44.2 Å². The Labute approximate surface area is 341 Å². The fourth-order valence-electron chi connectivity index (χ4n) is 5.88. The van der Waals surface area contributed by atoms with Crippen LogP contribution in [-0.2, 0) is 44.6 Å². The van der Waals surface area contributed by atoms with Crippen LogP contribution in [0.4, 0.5) is 4.79 Å². The van der Waals surface area contributed by atoms with Crippen LogP contribution in [0.5, 0.6) is 0 Å². The average Bonchev–Trinajstić information content (AvgIpc) is 3.76. The van der Waals surface area contributed by atoms with Crippen LogP contribution in [0.1, 0.15) is 65.6 Å². The Morgan fingerprint density at radius 1 is 0.930 bits per heavy atom. The van der Waals surface area contributed by atoms with Gasteiger partial charge in [0.1, 0.15) is 17.7 Å². The van der Waals surface area contributed by atoms with Crippen molar-refractivity contribution in [3.8, 4) is 10.4 Å². The Morgan fingerprint density at radius 3 is 2.07 bits per heavy atom. The van der Waals surface area contributed by atoms with Crippen LogP contribution in [0.3, 0.4) is 0 Å². The summed E-state index contributed by atoms with van der Waals surface area (Å²) >= 11 is 1.57. The number of benzene rings is 1. The smallest absolute Gasteiger partial charge is 0.410 e. The van der Waals surface area contributed by atoms with E-state index in [1.807, 2.05) is 57.5 Å². The second kappa shape index (κ2) is 23.6. The molecule has 0 radical (unpaired) electrons. The molecule has 2 heterocycles. The Kier molecular flexibility index (Phi) is 19.8. The number of carbonyl (C=O) groups excluding carboxylic acids is 4. The molecular formula is C40H64N6O10S. The summed E-state index contributed by atoms with van der Waals surface area (Å²) in [6, 6.07) is 6.03. The first-order valence-electron chi connectivity index (χ1n) is 19.5. The van der Waals surface area contributed by atoms with Gasteiger partial charge in [-0.3, -0.25) is 14.4 Å². The lowest BCUT2D eigenvalue weighted by molar-refractivity contribution is -0.144. The van der Waals surface area contributed by atoms with Crippen LogP contribution >= 0.6 is 11.3 Å². The maximum Gasteiger partial charge on any atom is 0.410 e. The molecule has 1 aromatic heterocycles. The minimum absolute atomic E-state index is 0.00254. The zero-order valence-corrected chi connectivity index (χ0v) is 35.5. The largest absolute Gasteiger partial charge is 0.444 e. The first kappa shape index (κ1) is 47.7. The zero-order valence-electron chi connectivity index (χ0n) is 34.7. The SMILES string of the molecule is Cc1ncsc1-c1ccc(CNC(=O)C2CC(O)CN2C(=O)C(NC(=O)CCOCCOCCN(CCOCCOCCN)C(=O)OC(C)(C)C)C(C)(C)C)cc1. The monoisotopic (exact) mass is 820 g/mol. The fraction of sp³-hybridized carbons (Fsp3) is 0.675. The van der Waals surface area contributed by atoms with Gasteiger partial charge in [0.15, 0.2) is 0 Å². The summed E-state index contributed by atoms with van der Waals surface area (Å²) in [6.45, 7) is 16.5. The summed E-state index contributed by atoms with van der Waals surface area (Å²) in [5, 5.41) is 16.3. The molecule has 1 aromatic carbocycles. The van der Waals surface area contributed by atoms with E-state index in [4.69, 9.17) is 29.4 Å². The number of thiazole rings is 1. The van der Waals surface area contributed by atoms with E-state index in [1.54, 1.807) is 32.1 Å². The van der Waals surface area contributed by atoms with Crippen LogP contribution in [-0.4, -0.2) is 147 Å². The molecule has 4 amide bonds. The number of rotatable bonds is 23. The van der Waals surface area contributed by atoms with Crippen LogP contribution in [0.25, 0.3) is 10.4 Å². The van der Waals surface area contributed by atoms with Crippen LogP contribution < -0.4 is 16.4 Å². The predicted octanol–water partition coefficient (Wildman–Crippen LogP) is 2.88. The minimum Gasteiger partial charge on any atom is -0.444 e. The van der Waals surface area contributed by atoms with Crippen molar-refractivity contribution >= 4 is 35.2 Å². The molecule has 17 heteroatoms. The molecule has 2 aromatic rings. The Morgan fingerprint density at radius 2 is 1.53 bits per heavy atom. The van der Waals surface area contributed by atoms with E-state index in [-0.39, 0.29) is 70.7 Å². The lowest BCUT2D eigenvalue weighted by Gasteiger charge is -2.35. The average molecular weight is 821 g/mol. The number of carbonyl (C=O) groups is 4. The van der Waals surface area contributed by atoms with Crippen molar-refractivity contribution in [2.45, 2.75) is 91.6 Å². The van der Waals surface area contributed by atoms with Crippen molar-refractivity contribution in [1.82, 2.24) is 25.4 Å². The summed E-state index contributed by atoms with van der Waals surface area (Å²) in [5.41, 5.74) is 8.78. The molecule has 0 spiro atoms. The molecule has 16 nitrogen and oxygen atoms in total. The number of nitrogens with zero attached hydrogens (tertiary/aromatic N) is 3. The number of hydrogen-bond acceptors (Lipinski definition) is 13. The highest BCUT2D eigenvalue weighted by molar-refractivity contribution is 7.13. The maximum atomic E-state index is 13.9. The van der Waals surface area contributed by atoms with E-state index >= 15 is 0 Å². The van der Waals surface area contributed by atoms with Crippen molar-refractivity contribution in [3.63, 3.8) is 0 Å². The Balaban J connectivity index is 1.41. The fourth-order valence-corrected chi connectivity index (χ4v) is 6.69. The van der Waals surface area contributed by atoms with Gasteiger partial charge in [-0.15, -0.1) is 11.3 Å². The summed E-state index contributed by atoms with van der Waals surface area (Å²) in [5.74, 6) is -1.19. The van der Waals surface area contributed by atoms with Gasteiger partial charge < -0.3 is 55.0 Å². The molecular weight excluding hydrogens is 757 g/mol. The first-order chi connectivity index (χ1) is 27.0. The molecule has 3 unspecified atom stereocenters. The van der Waals surface area contributed by atoms with E-state index in [1.165, 1.54) is 9.80 Å². The van der Waals surface area contributed by atoms with Crippen LogP contribution in [0.15, 0.2) is 29.8 Å². The van der Waals surface area contributed by atoms with Gasteiger partial charge >= 0.3 is 6.09 Å². The van der Waals surface area contributed by atoms with E-state index in [2.05, 4.69) is 15.6 Å². The molecule has 0 aliphatic carbocycles. The molecule has 1 fully saturated rings. The number of nitrogens with one attached hydrogen (secondary N) is 2. The number of aliphatic hydroxyl groups is 1. The van der Waals surface area contributed by atoms with E-state index < -0.39 is 41.2 Å². The van der Waals surface area contributed by atoms with Crippen LogP contribution in [0.2, 0.25) is 0 Å². The number of hydrogen-bond donors (Lipinski definition) is 4. The molecule has 5 N–H and O–H groups in total. The van der Waals surface area contributed by atoms with E-state index in [0.717, 1.165) is 21.7 Å². The Hall–Kier alpha value is -3.71. The lowest BCUT2D eigenvalue weighted by atomic mass is 9.85. The number of aliphatic hydroxyl groups excluding tert-OH is 1. The van der Waals surface area contributed by atoms with Gasteiger partial charge in [0.25, 0.3) is 0 Å². The van der Waals surface area contributed by atoms with Crippen molar-refractivity contribution in [1.29, 1.82) is 0 Å². The van der Waals surface area contributed by atoms with Crippen molar-refractivity contribution in [2.24, 2.45) is 11.1 Å². The normalized spacial score (nSPS) is 16.3. The molecule has 0 bridgehead atoms. The molecule has 1 aliphatic rings. The zero-order chi connectivity index (χ0) is 42.0. The van der Waals surface area contributed by atoms with Gasteiger partial charge in [-0.25, -0.2) is 9.78 Å². The summed E-state index contributed by atoms with van der Waals surface area (Å²) in [6.07, 6.45) is -1.24. The summed E-state index contributed by atoms with van der Waals surface area (Å²) < 4.78 is 27.7. The maximum absolute atomic E-state index is 13.9. The summed E-state index contributed by atoms with van der Waals surface area (Å²) in [4.78, 5) is 61.3. The molecule has 1 aliphatic heterocycles. The molecule has 3 atom stereocenters. The third-order valence-electron chi connectivity index (χ3n) is 8.85. The third-order valence-corrected chi connectivity index (χ3v) is 9.83. The highest BCUT2D eigenvalue weighted by Crippen LogP contribution is 2.28. The Bertz CT molecular complexity index is 1540. The second-order valence-electron chi connectivity index (χ2n) is 15.9. The second-order valence-corrected chi connectivity index (χ2v) is 16.8. The molecule has 0 saturated carbocycles. The number of nitrogens with two attached hydrogens (primary N) is 1. The highest BCUT2D eigenvalue weighted by atomic mass is 32.1. The van der Waals surface area contributed by atoms with E-state index in [9.17, 15) is 24.3 Å². The first-order valence-corrected chi connectivity index (χ1v) is 20.4. The van der Waals surface area contributed by atoms with Gasteiger partial charge in [0.05, 0.1) is 75.0 Å². The highest BCUT2D eigenvalue weighted by Gasteiger charge is 2.44. The van der Waals surface area contributed by atoms with Gasteiger partial charge in [-0.1, -0.05) is 45.0 Å². The van der Waals surface area contributed by atoms with Crippen molar-refractivity contribution in [3.05, 3.63) is 41.0 Å². The summed E-state index contributed by atoms with van der Waals surface area (Å²) in [7, 11) is 0. The molecule has 3 rings (SSSR count). The molecule has 320 valence electrons. The third kappa shape index (κ3) is 17.0. The van der Waals surface area contributed by atoms with Crippen LogP contribution in [0, 0.1) is 12.3 Å². The van der Waals surface area contributed by atoms with Crippen molar-refractivity contribution in [2.75, 3.05) is 79.0 Å². The minimum atomic E-state index is -0.945. The number of aryl methyl sites for hydroxylation is 1. The number of ether oxygens (including phenoxy) is 5. The lowest BCUT2D eigenvalue weighted by Crippen LogP contribution is -2.57. The number of likely N-dealkylation sites (tertiary alicyclic amines) is 1. The van der Waals surface area contributed by atoms with Crippen molar-refractivity contribution < 1.29 is 48.0 Å². The number of amides is 4. The van der Waals surface area contributed by atoms with Gasteiger partial charge in [-0.2, -0.15) is 0 Å². The number of β-amino-alcohol motifs (C(OH)–C–C–N with tert-alkyl or cyclic N) is 1. The molecule has 1 saturated heterocycles. The molecule has 57 heavy (non-hydrogen) atoms. The topological polar surface area (TPSA) is 204 Å². The predicted molar refractivity (Wildman–Crippen MR) is 216 cm³/mol. The standard InChI is InChI=1S/C40H64N6O10S/c1-28-34(57-27-43-28)30-10-8-29(9-11-30)25-42-36(49)32-24-31(47)26-46(32)37(50)35(39(2,3)4)44-33(48)12-16-52-20-22-54-18-14-45(38(51)56-40(5,6)7)15-19-55-23-21-53-17-13-41/h8-11,27,31-32,35,47H,12-26,41H2,1-7H3,(H,42,49)(H,44,48).